The smallest absolute Gasteiger partial charge is 0.220 e. The molecule has 0 aliphatic heterocycles. The number of carbonyl (C=O) groups is 2. The molecule has 3 rings (SSSR count). The van der Waals surface area contributed by atoms with Crippen LogP contribution in [0.5, 0.6) is 0 Å². The van der Waals surface area contributed by atoms with Crippen molar-refractivity contribution in [2.45, 2.75) is 19.3 Å². The summed E-state index contributed by atoms with van der Waals surface area (Å²) in [5.41, 5.74) is 2.06. The quantitative estimate of drug-likeness (QED) is 0.632. The molecule has 0 aliphatic rings. The average molecular weight is 353 g/mol. The van der Waals surface area contributed by atoms with Crippen LogP contribution in [0.3, 0.4) is 0 Å². The van der Waals surface area contributed by atoms with Crippen LogP contribution in [0.15, 0.2) is 60.2 Å². The number of ketones is 1. The van der Waals surface area contributed by atoms with Gasteiger partial charge in [0.25, 0.3) is 0 Å². The van der Waals surface area contributed by atoms with Gasteiger partial charge in [-0.15, -0.1) is 11.3 Å². The Hall–Kier alpha value is -2.73. The number of Topliss-reactive ketones (excluding diaryl/α,β-unsaturated/α-hetero) is 1. The van der Waals surface area contributed by atoms with Gasteiger partial charge in [0.15, 0.2) is 5.78 Å². The van der Waals surface area contributed by atoms with Crippen LogP contribution in [0.4, 0.5) is 0 Å². The maximum Gasteiger partial charge on any atom is 0.220 e. The van der Waals surface area contributed by atoms with Crippen molar-refractivity contribution in [3.05, 3.63) is 70.7 Å². The summed E-state index contributed by atoms with van der Waals surface area (Å²) in [5.74, 6) is -0.0744. The van der Waals surface area contributed by atoms with Gasteiger partial charge in [-0.3, -0.25) is 9.59 Å². The van der Waals surface area contributed by atoms with Gasteiger partial charge < -0.3 is 5.32 Å². The van der Waals surface area contributed by atoms with Crippen LogP contribution in [-0.2, 0) is 11.2 Å². The highest BCUT2D eigenvalue weighted by molar-refractivity contribution is 7.12. The molecule has 1 N–H and O–H groups in total. The number of hydrogen-bond acceptors (Lipinski definition) is 4. The van der Waals surface area contributed by atoms with E-state index in [1.807, 2.05) is 52.7 Å². The van der Waals surface area contributed by atoms with Crippen molar-refractivity contribution >= 4 is 23.0 Å². The van der Waals surface area contributed by atoms with E-state index in [-0.39, 0.29) is 24.5 Å². The van der Waals surface area contributed by atoms with Gasteiger partial charge in [-0.2, -0.15) is 5.10 Å². The fourth-order valence-electron chi connectivity index (χ4n) is 2.43. The molecule has 0 spiro atoms. The zero-order valence-corrected chi connectivity index (χ0v) is 14.5. The molecule has 6 heteroatoms. The predicted octanol–water partition coefficient (Wildman–Crippen LogP) is 3.26. The first kappa shape index (κ1) is 17.1. The molecule has 2 aromatic heterocycles. The molecule has 0 radical (unpaired) electrons. The molecule has 0 fully saturated rings. The highest BCUT2D eigenvalue weighted by Gasteiger charge is 2.10. The Kier molecular flexibility index (Phi) is 5.74. The fraction of sp³-hybridized carbons (Fsp3) is 0.211. The monoisotopic (exact) mass is 353 g/mol. The highest BCUT2D eigenvalue weighted by atomic mass is 32.1. The van der Waals surface area contributed by atoms with E-state index in [1.54, 1.807) is 12.3 Å². The molecule has 1 amide bonds. The largest absolute Gasteiger partial charge is 0.356 e. The first-order valence-corrected chi connectivity index (χ1v) is 9.03. The lowest BCUT2D eigenvalue weighted by atomic mass is 10.2. The minimum absolute atomic E-state index is 0.0225. The van der Waals surface area contributed by atoms with E-state index in [0.29, 0.717) is 17.8 Å². The van der Waals surface area contributed by atoms with Crippen LogP contribution in [0, 0.1) is 0 Å². The van der Waals surface area contributed by atoms with E-state index in [9.17, 15) is 9.59 Å². The Bertz CT molecular complexity index is 825. The molecule has 0 aliphatic carbocycles. The maximum absolute atomic E-state index is 11.9. The Morgan fingerprint density at radius 3 is 2.68 bits per heavy atom. The second-order valence-electron chi connectivity index (χ2n) is 5.63. The lowest BCUT2D eigenvalue weighted by molar-refractivity contribution is -0.121. The van der Waals surface area contributed by atoms with Crippen LogP contribution < -0.4 is 5.32 Å². The third kappa shape index (κ3) is 4.87. The fourth-order valence-corrected chi connectivity index (χ4v) is 3.13. The van der Waals surface area contributed by atoms with Gasteiger partial charge in [0.1, 0.15) is 0 Å². The van der Waals surface area contributed by atoms with E-state index >= 15 is 0 Å². The third-order valence-corrected chi connectivity index (χ3v) is 4.68. The lowest BCUT2D eigenvalue weighted by Crippen LogP contribution is -2.25. The molecule has 0 bridgehead atoms. The van der Waals surface area contributed by atoms with Crippen LogP contribution in [0.2, 0.25) is 0 Å². The summed E-state index contributed by atoms with van der Waals surface area (Å²) in [7, 11) is 0. The normalized spacial score (nSPS) is 10.6. The Morgan fingerprint density at radius 1 is 1.08 bits per heavy atom. The summed E-state index contributed by atoms with van der Waals surface area (Å²) >= 11 is 1.41. The van der Waals surface area contributed by atoms with E-state index in [4.69, 9.17) is 0 Å². The lowest BCUT2D eigenvalue weighted by Gasteiger charge is -2.03. The van der Waals surface area contributed by atoms with Crippen LogP contribution in [0.25, 0.3) is 5.69 Å². The van der Waals surface area contributed by atoms with Crippen LogP contribution >= 0.6 is 11.3 Å². The molecular weight excluding hydrogens is 334 g/mol. The van der Waals surface area contributed by atoms with E-state index in [2.05, 4.69) is 10.4 Å². The standard InChI is InChI=1S/C19H19N3O2S/c23-17(18-7-4-12-25-18)8-9-19(24)20-11-10-15-13-21-22(14-15)16-5-2-1-3-6-16/h1-7,12-14H,8-11H2,(H,20,24). The number of para-hydroxylation sites is 1. The summed E-state index contributed by atoms with van der Waals surface area (Å²) < 4.78 is 1.82. The van der Waals surface area contributed by atoms with Crippen molar-refractivity contribution < 1.29 is 9.59 Å². The van der Waals surface area contributed by atoms with Crippen molar-refractivity contribution in [3.8, 4) is 5.69 Å². The molecule has 0 atom stereocenters. The summed E-state index contributed by atoms with van der Waals surface area (Å²) in [6.07, 6.45) is 4.94. The van der Waals surface area contributed by atoms with Crippen molar-refractivity contribution in [1.29, 1.82) is 0 Å². The van der Waals surface area contributed by atoms with Crippen molar-refractivity contribution in [1.82, 2.24) is 15.1 Å². The number of amides is 1. The Balaban J connectivity index is 1.40. The first-order valence-electron chi connectivity index (χ1n) is 8.15. The number of carbonyl (C=O) groups excluding carboxylic acids is 2. The zero-order chi connectivity index (χ0) is 17.5. The molecule has 25 heavy (non-hydrogen) atoms. The summed E-state index contributed by atoms with van der Waals surface area (Å²) in [6, 6.07) is 13.5. The van der Waals surface area contributed by atoms with Gasteiger partial charge in [-0.25, -0.2) is 4.68 Å². The number of aromatic nitrogens is 2. The third-order valence-electron chi connectivity index (χ3n) is 3.77. The molecular formula is C19H19N3O2S. The molecule has 3 aromatic rings. The van der Waals surface area contributed by atoms with Gasteiger partial charge in [0.2, 0.25) is 5.91 Å². The average Bonchev–Trinajstić information content (AvgIpc) is 3.32. The van der Waals surface area contributed by atoms with Gasteiger partial charge >= 0.3 is 0 Å². The maximum atomic E-state index is 11.9. The Morgan fingerprint density at radius 2 is 1.92 bits per heavy atom. The summed E-state index contributed by atoms with van der Waals surface area (Å²) in [6.45, 7) is 0.534. The first-order chi connectivity index (χ1) is 12.2. The van der Waals surface area contributed by atoms with Crippen molar-refractivity contribution in [2.24, 2.45) is 0 Å². The van der Waals surface area contributed by atoms with Gasteiger partial charge in [-0.1, -0.05) is 24.3 Å². The van der Waals surface area contributed by atoms with Gasteiger partial charge in [0.05, 0.1) is 16.8 Å². The van der Waals surface area contributed by atoms with Gasteiger partial charge in [-0.05, 0) is 35.6 Å². The van der Waals surface area contributed by atoms with E-state index in [1.165, 1.54) is 11.3 Å². The molecule has 5 nitrogen and oxygen atoms in total. The number of nitrogens with one attached hydrogen (secondary N) is 1. The molecule has 0 saturated heterocycles. The topological polar surface area (TPSA) is 64.0 Å². The minimum atomic E-state index is -0.0969. The molecule has 0 saturated carbocycles. The van der Waals surface area contributed by atoms with Crippen LogP contribution in [-0.4, -0.2) is 28.0 Å². The Labute approximate surface area is 150 Å². The summed E-state index contributed by atoms with van der Waals surface area (Å²) in [5, 5.41) is 9.05. The van der Waals surface area contributed by atoms with E-state index < -0.39 is 0 Å². The number of hydrogen-bond donors (Lipinski definition) is 1. The van der Waals surface area contributed by atoms with Gasteiger partial charge in [0, 0.05) is 25.6 Å². The summed E-state index contributed by atoms with van der Waals surface area (Å²) in [4.78, 5) is 24.4. The van der Waals surface area contributed by atoms with E-state index in [0.717, 1.165) is 11.3 Å². The number of rotatable bonds is 8. The molecule has 0 unspecified atom stereocenters. The number of nitrogens with zero attached hydrogens (tertiary/aromatic N) is 2. The zero-order valence-electron chi connectivity index (χ0n) is 13.7. The second-order valence-corrected chi connectivity index (χ2v) is 6.58. The SMILES string of the molecule is O=C(CCC(=O)c1cccs1)NCCc1cnn(-c2ccccc2)c1. The second kappa shape index (κ2) is 8.39. The predicted molar refractivity (Wildman–Crippen MR) is 98.2 cm³/mol. The molecule has 1 aromatic carbocycles. The minimum Gasteiger partial charge on any atom is -0.356 e. The number of thiophene rings is 1. The highest BCUT2D eigenvalue weighted by Crippen LogP contribution is 2.12. The van der Waals surface area contributed by atoms with Crippen molar-refractivity contribution in [2.75, 3.05) is 6.54 Å². The molecule has 128 valence electrons. The number of benzene rings is 1. The van der Waals surface area contributed by atoms with Crippen molar-refractivity contribution in [3.63, 3.8) is 0 Å². The van der Waals surface area contributed by atoms with Crippen LogP contribution in [0.1, 0.15) is 28.1 Å². The molecule has 2 heterocycles.